The number of aryl methyl sites for hydroxylation is 1. The molecule has 7 heteroatoms. The van der Waals surface area contributed by atoms with Crippen molar-refractivity contribution in [2.45, 2.75) is 38.8 Å². The van der Waals surface area contributed by atoms with E-state index < -0.39 is 4.92 Å². The first kappa shape index (κ1) is 23.9. The van der Waals surface area contributed by atoms with E-state index in [0.29, 0.717) is 17.1 Å². The highest BCUT2D eigenvalue weighted by Gasteiger charge is 2.30. The van der Waals surface area contributed by atoms with Crippen molar-refractivity contribution in [1.82, 2.24) is 4.90 Å². The lowest BCUT2D eigenvalue weighted by molar-refractivity contribution is -0.384. The number of halogens is 1. The molecule has 0 aliphatic carbocycles. The van der Waals surface area contributed by atoms with E-state index in [-0.39, 0.29) is 17.6 Å². The van der Waals surface area contributed by atoms with Gasteiger partial charge in [-0.25, -0.2) is 0 Å². The lowest BCUT2D eigenvalue weighted by atomic mass is 9.99. The standard InChI is InChI=1S/C27H28ClN3O3/c1-2-20-8-10-23(11-9-20)30(27(32)21-6-4-3-5-7-21)24-14-16-29(17-15-24)19-22-18-25(31(33)34)12-13-26(22)28/h3-13,18,24H,2,14-17,19H2,1H3. The number of amides is 1. The quantitative estimate of drug-likeness (QED) is 0.303. The van der Waals surface area contributed by atoms with Crippen LogP contribution in [0.15, 0.2) is 72.8 Å². The van der Waals surface area contributed by atoms with Gasteiger partial charge in [0.25, 0.3) is 11.6 Å². The third-order valence-corrected chi connectivity index (χ3v) is 6.79. The average molecular weight is 478 g/mol. The Hall–Kier alpha value is -3.22. The van der Waals surface area contributed by atoms with E-state index >= 15 is 0 Å². The molecule has 0 unspecified atom stereocenters. The second-order valence-electron chi connectivity index (χ2n) is 8.60. The molecule has 3 aromatic carbocycles. The molecule has 6 nitrogen and oxygen atoms in total. The van der Waals surface area contributed by atoms with Crippen LogP contribution in [0.1, 0.15) is 41.3 Å². The minimum atomic E-state index is -0.400. The zero-order valence-electron chi connectivity index (χ0n) is 19.2. The summed E-state index contributed by atoms with van der Waals surface area (Å²) in [5.41, 5.74) is 3.62. The van der Waals surface area contributed by atoms with Crippen molar-refractivity contribution >= 4 is 28.9 Å². The van der Waals surface area contributed by atoms with Crippen LogP contribution in [0.4, 0.5) is 11.4 Å². The van der Waals surface area contributed by atoms with E-state index in [1.807, 2.05) is 47.4 Å². The molecular weight excluding hydrogens is 450 g/mol. The average Bonchev–Trinajstić information content (AvgIpc) is 2.87. The van der Waals surface area contributed by atoms with Crippen molar-refractivity contribution in [1.29, 1.82) is 0 Å². The van der Waals surface area contributed by atoms with Crippen LogP contribution in [0.25, 0.3) is 0 Å². The fraction of sp³-hybridized carbons (Fsp3) is 0.296. The Morgan fingerprint density at radius 3 is 2.35 bits per heavy atom. The number of carbonyl (C=O) groups is 1. The molecule has 0 radical (unpaired) electrons. The fourth-order valence-electron chi connectivity index (χ4n) is 4.48. The van der Waals surface area contributed by atoms with Gasteiger partial charge in [0.2, 0.25) is 0 Å². The van der Waals surface area contributed by atoms with Gasteiger partial charge in [0.05, 0.1) is 4.92 Å². The van der Waals surface area contributed by atoms with Crippen molar-refractivity contribution < 1.29 is 9.72 Å². The summed E-state index contributed by atoms with van der Waals surface area (Å²) in [5.74, 6) is 0.00465. The number of benzene rings is 3. The molecule has 3 aromatic rings. The largest absolute Gasteiger partial charge is 0.305 e. The van der Waals surface area contributed by atoms with Crippen LogP contribution in [0.3, 0.4) is 0 Å². The number of hydrogen-bond donors (Lipinski definition) is 0. The maximum atomic E-state index is 13.5. The summed E-state index contributed by atoms with van der Waals surface area (Å²) in [4.78, 5) is 28.5. The number of hydrogen-bond acceptors (Lipinski definition) is 4. The van der Waals surface area contributed by atoms with E-state index in [4.69, 9.17) is 11.6 Å². The van der Waals surface area contributed by atoms with Crippen LogP contribution in [0.5, 0.6) is 0 Å². The summed E-state index contributed by atoms with van der Waals surface area (Å²) in [6, 6.07) is 22.3. The highest BCUT2D eigenvalue weighted by molar-refractivity contribution is 6.31. The number of non-ortho nitro benzene ring substituents is 1. The van der Waals surface area contributed by atoms with Crippen LogP contribution in [-0.2, 0) is 13.0 Å². The number of nitrogens with zero attached hydrogens (tertiary/aromatic N) is 3. The Balaban J connectivity index is 1.51. The van der Waals surface area contributed by atoms with Crippen LogP contribution in [0, 0.1) is 10.1 Å². The number of rotatable bonds is 7. The van der Waals surface area contributed by atoms with Gasteiger partial charge in [-0.2, -0.15) is 0 Å². The zero-order chi connectivity index (χ0) is 24.1. The zero-order valence-corrected chi connectivity index (χ0v) is 19.9. The van der Waals surface area contributed by atoms with Gasteiger partial charge in [-0.15, -0.1) is 0 Å². The maximum Gasteiger partial charge on any atom is 0.269 e. The highest BCUT2D eigenvalue weighted by atomic mass is 35.5. The Morgan fingerprint density at radius 1 is 1.06 bits per heavy atom. The topological polar surface area (TPSA) is 66.7 Å². The summed E-state index contributed by atoms with van der Waals surface area (Å²) in [6.45, 7) is 4.21. The summed E-state index contributed by atoms with van der Waals surface area (Å²) in [5, 5.41) is 11.7. The molecule has 176 valence electrons. The number of anilines is 1. The molecule has 1 saturated heterocycles. The van der Waals surface area contributed by atoms with Crippen molar-refractivity contribution in [2.24, 2.45) is 0 Å². The first-order valence-corrected chi connectivity index (χ1v) is 12.0. The molecule has 1 heterocycles. The Kier molecular flexibility index (Phi) is 7.60. The van der Waals surface area contributed by atoms with E-state index in [1.165, 1.54) is 11.6 Å². The first-order chi connectivity index (χ1) is 16.5. The summed E-state index contributed by atoms with van der Waals surface area (Å²) < 4.78 is 0. The lowest BCUT2D eigenvalue weighted by Crippen LogP contribution is -2.47. The predicted octanol–water partition coefficient (Wildman–Crippen LogP) is 6.12. The first-order valence-electron chi connectivity index (χ1n) is 11.6. The maximum absolute atomic E-state index is 13.5. The number of likely N-dealkylation sites (tertiary alicyclic amines) is 1. The Bertz CT molecular complexity index is 1140. The number of nitro groups is 1. The second-order valence-corrected chi connectivity index (χ2v) is 9.01. The molecule has 1 aliphatic heterocycles. The Labute approximate surface area is 204 Å². The lowest BCUT2D eigenvalue weighted by Gasteiger charge is -2.39. The Morgan fingerprint density at radius 2 is 1.74 bits per heavy atom. The molecule has 34 heavy (non-hydrogen) atoms. The molecule has 0 spiro atoms. The van der Waals surface area contributed by atoms with Crippen LogP contribution < -0.4 is 4.90 Å². The fourth-order valence-corrected chi connectivity index (χ4v) is 4.66. The monoisotopic (exact) mass is 477 g/mol. The van der Waals surface area contributed by atoms with Crippen LogP contribution in [-0.4, -0.2) is 34.9 Å². The van der Waals surface area contributed by atoms with Gasteiger partial charge >= 0.3 is 0 Å². The van der Waals surface area contributed by atoms with Crippen molar-refractivity contribution in [3.05, 3.63) is 105 Å². The molecule has 0 atom stereocenters. The van der Waals surface area contributed by atoms with Crippen molar-refractivity contribution in [2.75, 3.05) is 18.0 Å². The van der Waals surface area contributed by atoms with Gasteiger partial charge in [0.1, 0.15) is 0 Å². The van der Waals surface area contributed by atoms with Crippen molar-refractivity contribution in [3.8, 4) is 0 Å². The number of piperidine rings is 1. The minimum Gasteiger partial charge on any atom is -0.305 e. The van der Waals surface area contributed by atoms with E-state index in [1.54, 1.807) is 12.1 Å². The predicted molar refractivity (Wildman–Crippen MR) is 135 cm³/mol. The molecule has 1 amide bonds. The van der Waals surface area contributed by atoms with Gasteiger partial charge in [-0.05, 0) is 60.7 Å². The van der Waals surface area contributed by atoms with Crippen LogP contribution in [0.2, 0.25) is 5.02 Å². The van der Waals surface area contributed by atoms with Crippen LogP contribution >= 0.6 is 11.6 Å². The van der Waals surface area contributed by atoms with Gasteiger partial charge in [-0.1, -0.05) is 48.9 Å². The normalized spacial score (nSPS) is 14.6. The van der Waals surface area contributed by atoms with Crippen molar-refractivity contribution in [3.63, 3.8) is 0 Å². The third kappa shape index (κ3) is 5.46. The van der Waals surface area contributed by atoms with E-state index in [0.717, 1.165) is 43.6 Å². The van der Waals surface area contributed by atoms with Gasteiger partial charge in [0, 0.05) is 54.1 Å². The number of nitro benzene ring substituents is 1. The highest BCUT2D eigenvalue weighted by Crippen LogP contribution is 2.29. The summed E-state index contributed by atoms with van der Waals surface area (Å²) in [7, 11) is 0. The van der Waals surface area contributed by atoms with Gasteiger partial charge in [-0.3, -0.25) is 19.8 Å². The van der Waals surface area contributed by atoms with Gasteiger partial charge in [0.15, 0.2) is 0 Å². The molecule has 1 aliphatic rings. The third-order valence-electron chi connectivity index (χ3n) is 6.42. The van der Waals surface area contributed by atoms with E-state index in [9.17, 15) is 14.9 Å². The number of carbonyl (C=O) groups excluding carboxylic acids is 1. The second kappa shape index (κ2) is 10.8. The summed E-state index contributed by atoms with van der Waals surface area (Å²) >= 11 is 6.31. The molecule has 0 bridgehead atoms. The minimum absolute atomic E-state index is 0.00465. The molecule has 0 aromatic heterocycles. The SMILES string of the molecule is CCc1ccc(N(C(=O)c2ccccc2)C2CCN(Cc3cc([N+](=O)[O-])ccc3Cl)CC2)cc1. The van der Waals surface area contributed by atoms with Gasteiger partial charge < -0.3 is 4.90 Å². The molecule has 4 rings (SSSR count). The molecular formula is C27H28ClN3O3. The molecule has 1 fully saturated rings. The summed E-state index contributed by atoms with van der Waals surface area (Å²) in [6.07, 6.45) is 2.56. The molecule has 0 N–H and O–H groups in total. The smallest absolute Gasteiger partial charge is 0.269 e. The van der Waals surface area contributed by atoms with E-state index in [2.05, 4.69) is 24.0 Å². The molecule has 0 saturated carbocycles.